The van der Waals surface area contributed by atoms with Crippen LogP contribution in [0.4, 0.5) is 0 Å². The van der Waals surface area contributed by atoms with E-state index in [2.05, 4.69) is 74.7 Å². The van der Waals surface area contributed by atoms with E-state index in [-0.39, 0.29) is 54.4 Å². The third-order valence-corrected chi connectivity index (χ3v) is 16.1. The van der Waals surface area contributed by atoms with Crippen molar-refractivity contribution in [3.8, 4) is 0 Å². The van der Waals surface area contributed by atoms with Crippen LogP contribution in [0, 0.1) is 52.8 Å². The Morgan fingerprint density at radius 1 is 1.02 bits per heavy atom. The van der Waals surface area contributed by atoms with Crippen LogP contribution < -0.4 is 16.0 Å². The highest BCUT2D eigenvalue weighted by molar-refractivity contribution is 5.83. The number of hydrogen-bond donors (Lipinski definition) is 5. The van der Waals surface area contributed by atoms with Crippen LogP contribution in [0.25, 0.3) is 0 Å². The molecule has 2 aliphatic heterocycles. The van der Waals surface area contributed by atoms with Crippen molar-refractivity contribution >= 4 is 11.8 Å². The summed E-state index contributed by atoms with van der Waals surface area (Å²) in [4.78, 5) is 39.5. The molecule has 5 saturated carbocycles. The number of hydroxylamine groups is 2. The van der Waals surface area contributed by atoms with E-state index < -0.39 is 24.2 Å². The first-order chi connectivity index (χ1) is 26.6. The van der Waals surface area contributed by atoms with Crippen LogP contribution in [-0.2, 0) is 19.2 Å². The van der Waals surface area contributed by atoms with Crippen LogP contribution in [0.1, 0.15) is 105 Å². The summed E-state index contributed by atoms with van der Waals surface area (Å²) in [5, 5.41) is 33.9. The zero-order chi connectivity index (χ0) is 40.5. The molecule has 322 valence electrons. The van der Waals surface area contributed by atoms with Crippen LogP contribution in [0.15, 0.2) is 0 Å². The van der Waals surface area contributed by atoms with Gasteiger partial charge in [0.1, 0.15) is 12.1 Å². The lowest BCUT2D eigenvalue weighted by molar-refractivity contribution is -0.193. The minimum atomic E-state index is -0.828. The van der Waals surface area contributed by atoms with Gasteiger partial charge >= 0.3 is 0 Å². The number of fused-ring (bicyclic) bond motifs is 2. The van der Waals surface area contributed by atoms with Gasteiger partial charge in [0.2, 0.25) is 11.8 Å². The SMILES string of the molecule is COC1C(CN2O[C@@H](CO)[C@H]([C@H](C)O)[C@H]2C(=O)N[C@@H]2C[C@H]3C[C@@H]([C@@H]2C)C3(C)C)CCCC1C1CC(C(=O)N[C@@H](CC2CCCCN2)CN(C)C)CC(N(C)C)C1. The van der Waals surface area contributed by atoms with E-state index in [0.29, 0.717) is 47.7 Å². The molecule has 7 unspecified atom stereocenters. The Hall–Kier alpha value is -1.38. The van der Waals surface area contributed by atoms with E-state index in [1.165, 1.54) is 25.7 Å². The summed E-state index contributed by atoms with van der Waals surface area (Å²) in [5.41, 5.74) is 0.315. The summed E-state index contributed by atoms with van der Waals surface area (Å²) in [7, 11) is 10.3. The van der Waals surface area contributed by atoms with Crippen LogP contribution >= 0.6 is 0 Å². The number of piperidine rings is 1. The van der Waals surface area contributed by atoms with Gasteiger partial charge in [-0.1, -0.05) is 33.6 Å². The molecule has 2 bridgehead atoms. The van der Waals surface area contributed by atoms with Crippen LogP contribution in [-0.4, -0.2) is 147 Å². The van der Waals surface area contributed by atoms with Gasteiger partial charge in [-0.2, -0.15) is 5.06 Å². The van der Waals surface area contributed by atoms with E-state index in [1.54, 1.807) is 12.0 Å². The largest absolute Gasteiger partial charge is 0.394 e. The van der Waals surface area contributed by atoms with Crippen LogP contribution in [0.2, 0.25) is 0 Å². The molecular formula is C44H80N6O6. The molecule has 56 heavy (non-hydrogen) atoms. The molecule has 0 aromatic carbocycles. The number of carbonyl (C=O) groups is 2. The molecule has 0 aromatic heterocycles. The molecule has 7 aliphatic rings. The topological polar surface area (TPSA) is 139 Å². The maximum Gasteiger partial charge on any atom is 0.240 e. The third kappa shape index (κ3) is 9.64. The second kappa shape index (κ2) is 18.9. The summed E-state index contributed by atoms with van der Waals surface area (Å²) >= 11 is 0. The van der Waals surface area contributed by atoms with Crippen LogP contribution in [0.3, 0.4) is 0 Å². The second-order valence-corrected chi connectivity index (χ2v) is 20.4. The van der Waals surface area contributed by atoms with Crippen molar-refractivity contribution in [2.75, 3.05) is 61.5 Å². The number of ether oxygens (including phenoxy) is 1. The van der Waals surface area contributed by atoms with Crippen molar-refractivity contribution in [3.05, 3.63) is 0 Å². The Bertz CT molecular complexity index is 1290. The lowest BCUT2D eigenvalue weighted by Gasteiger charge is -2.62. The average molecular weight is 789 g/mol. The highest BCUT2D eigenvalue weighted by Gasteiger charge is 2.58. The smallest absolute Gasteiger partial charge is 0.240 e. The Morgan fingerprint density at radius 3 is 2.39 bits per heavy atom. The molecule has 12 heteroatoms. The summed E-state index contributed by atoms with van der Waals surface area (Å²) in [6, 6.07) is 0.253. The maximum absolute atomic E-state index is 14.4. The molecule has 5 N–H and O–H groups in total. The molecule has 12 nitrogen and oxygen atoms in total. The minimum absolute atomic E-state index is 0.0598. The molecule has 5 aliphatic carbocycles. The molecule has 0 radical (unpaired) electrons. The number of carbonyl (C=O) groups excluding carboxylic acids is 2. The Kier molecular flexibility index (Phi) is 14.9. The Morgan fingerprint density at radius 2 is 1.79 bits per heavy atom. The third-order valence-electron chi connectivity index (χ3n) is 16.1. The van der Waals surface area contributed by atoms with Crippen molar-refractivity contribution < 1.29 is 29.4 Å². The fourth-order valence-electron chi connectivity index (χ4n) is 12.8. The fourth-order valence-corrected chi connectivity index (χ4v) is 12.8. The summed E-state index contributed by atoms with van der Waals surface area (Å²) < 4.78 is 6.45. The fraction of sp³-hybridized carbons (Fsp3) is 0.955. The molecule has 0 aromatic rings. The predicted molar refractivity (Wildman–Crippen MR) is 219 cm³/mol. The van der Waals surface area contributed by atoms with Crippen molar-refractivity contribution in [1.82, 2.24) is 30.8 Å². The molecule has 7 rings (SSSR count). The van der Waals surface area contributed by atoms with E-state index >= 15 is 0 Å². The Balaban J connectivity index is 1.15. The summed E-state index contributed by atoms with van der Waals surface area (Å²) in [6.07, 6.45) is 11.0. The first-order valence-corrected chi connectivity index (χ1v) is 22.5. The molecule has 2 heterocycles. The number of rotatable bonds is 15. The van der Waals surface area contributed by atoms with Gasteiger partial charge in [-0.25, -0.2) is 0 Å². The highest BCUT2D eigenvalue weighted by atomic mass is 16.7. The van der Waals surface area contributed by atoms with Gasteiger partial charge < -0.3 is 40.7 Å². The lowest BCUT2D eigenvalue weighted by Crippen LogP contribution is -2.62. The summed E-state index contributed by atoms with van der Waals surface area (Å²) in [5.74, 6) is 1.76. The Labute approximate surface area is 338 Å². The van der Waals surface area contributed by atoms with E-state index in [9.17, 15) is 19.8 Å². The first-order valence-electron chi connectivity index (χ1n) is 22.5. The normalized spacial score (nSPS) is 41.2. The van der Waals surface area contributed by atoms with Crippen molar-refractivity contribution in [2.24, 2.45) is 52.8 Å². The zero-order valence-corrected chi connectivity index (χ0v) is 36.4. The van der Waals surface area contributed by atoms with Gasteiger partial charge in [0.25, 0.3) is 0 Å². The quantitative estimate of drug-likeness (QED) is 0.168. The number of nitrogens with one attached hydrogen (secondary N) is 3. The maximum atomic E-state index is 14.4. The standard InChI is InChI=1S/C44H80N6O6/c1-26-36-20-31(44(36,3)4)21-37(26)47-43(54)40-39(27(2)52)38(25-51)56-50(40)23-28-13-12-15-35(41(28)55-9)29-17-30(19-34(18-29)49(7)8)42(53)46-33(24-48(5)6)22-32-14-10-11-16-45-32/h26-41,45,51-52H,10-25H2,1-9H3,(H,46,53)(H,47,54)/t26-,27-,28?,29?,30?,31+,32?,33-,34?,35?,36-,37+,38-,39-,40-,41?/m0/s1. The van der Waals surface area contributed by atoms with E-state index in [0.717, 1.165) is 64.5 Å². The predicted octanol–water partition coefficient (Wildman–Crippen LogP) is 3.50. The summed E-state index contributed by atoms with van der Waals surface area (Å²) in [6.45, 7) is 10.8. The molecule has 2 amide bonds. The van der Waals surface area contributed by atoms with Gasteiger partial charge in [0.15, 0.2) is 0 Å². The van der Waals surface area contributed by atoms with E-state index in [4.69, 9.17) is 9.57 Å². The molecule has 2 saturated heterocycles. The van der Waals surface area contributed by atoms with Crippen molar-refractivity contribution in [3.63, 3.8) is 0 Å². The molecule has 0 spiro atoms. The number of methoxy groups -OCH3 is 1. The van der Waals surface area contributed by atoms with Gasteiger partial charge in [0, 0.05) is 62.1 Å². The number of hydrogen-bond acceptors (Lipinski definition) is 10. The number of amides is 2. The van der Waals surface area contributed by atoms with Gasteiger partial charge in [0.05, 0.1) is 18.8 Å². The molecular weight excluding hydrogens is 709 g/mol. The number of nitrogens with zero attached hydrogens (tertiary/aromatic N) is 3. The highest BCUT2D eigenvalue weighted by Crippen LogP contribution is 2.61. The average Bonchev–Trinajstić information content (AvgIpc) is 3.53. The lowest BCUT2D eigenvalue weighted by atomic mass is 9.45. The van der Waals surface area contributed by atoms with Gasteiger partial charge in [-0.15, -0.1) is 0 Å². The van der Waals surface area contributed by atoms with E-state index in [1.807, 2.05) is 7.11 Å². The zero-order valence-electron chi connectivity index (χ0n) is 36.4. The second-order valence-electron chi connectivity index (χ2n) is 20.4. The monoisotopic (exact) mass is 789 g/mol. The molecule has 16 atom stereocenters. The number of likely N-dealkylation sites (N-methyl/N-ethyl adjacent to an activating group) is 1. The minimum Gasteiger partial charge on any atom is -0.394 e. The van der Waals surface area contributed by atoms with Crippen molar-refractivity contribution in [1.29, 1.82) is 0 Å². The number of aliphatic hydroxyl groups excluding tert-OH is 2. The van der Waals surface area contributed by atoms with Crippen molar-refractivity contribution in [2.45, 2.75) is 153 Å². The first kappa shape index (κ1) is 44.2. The van der Waals surface area contributed by atoms with Gasteiger partial charge in [-0.05, 0) is 141 Å². The number of aliphatic hydroxyl groups is 2. The molecule has 7 fully saturated rings. The van der Waals surface area contributed by atoms with Gasteiger partial charge in [-0.3, -0.25) is 14.4 Å². The van der Waals surface area contributed by atoms with Crippen LogP contribution in [0.5, 0.6) is 0 Å².